The Labute approximate surface area is 244 Å². The molecule has 1 saturated heterocycles. The van der Waals surface area contributed by atoms with Crippen LogP contribution < -0.4 is 9.64 Å². The molecule has 1 saturated carbocycles. The highest BCUT2D eigenvalue weighted by atomic mass is 32.1. The van der Waals surface area contributed by atoms with Crippen molar-refractivity contribution >= 4 is 28.9 Å². The number of ether oxygens (including phenoxy) is 3. The van der Waals surface area contributed by atoms with E-state index in [4.69, 9.17) is 14.2 Å². The first-order valence-corrected chi connectivity index (χ1v) is 15.0. The Morgan fingerprint density at radius 2 is 1.83 bits per heavy atom. The van der Waals surface area contributed by atoms with Gasteiger partial charge in [0, 0.05) is 38.0 Å². The maximum absolute atomic E-state index is 13.9. The molecule has 2 aliphatic rings. The summed E-state index contributed by atoms with van der Waals surface area (Å²) in [6, 6.07) is 7.75. The zero-order chi connectivity index (χ0) is 29.6. The van der Waals surface area contributed by atoms with Crippen molar-refractivity contribution in [2.75, 3.05) is 45.4 Å². The van der Waals surface area contributed by atoms with Gasteiger partial charge in [0.15, 0.2) is 5.06 Å². The predicted octanol–water partition coefficient (Wildman–Crippen LogP) is 6.29. The SMILES string of the molecule is COCC(COC)N(C(=O)C1CCC(C)CC1)c1ccc(Oc2ccc(CN3CCCC(F)(F)C3)s2)cc1C(=O)O. The maximum Gasteiger partial charge on any atom is 0.337 e. The highest BCUT2D eigenvalue weighted by Crippen LogP contribution is 2.37. The van der Waals surface area contributed by atoms with Gasteiger partial charge in [0.25, 0.3) is 5.92 Å². The van der Waals surface area contributed by atoms with Gasteiger partial charge in [-0.25, -0.2) is 13.6 Å². The maximum atomic E-state index is 13.9. The molecule has 2 heterocycles. The molecule has 8 nitrogen and oxygen atoms in total. The summed E-state index contributed by atoms with van der Waals surface area (Å²) in [6.07, 6.45) is 3.78. The topological polar surface area (TPSA) is 88.5 Å². The smallest absolute Gasteiger partial charge is 0.337 e. The van der Waals surface area contributed by atoms with Gasteiger partial charge in [0.1, 0.15) is 5.75 Å². The number of methoxy groups -OCH3 is 2. The largest absolute Gasteiger partial charge is 0.478 e. The Kier molecular flexibility index (Phi) is 10.7. The second-order valence-corrected chi connectivity index (χ2v) is 12.3. The number of anilines is 1. The van der Waals surface area contributed by atoms with Crippen LogP contribution in [0.2, 0.25) is 0 Å². The molecule has 0 radical (unpaired) electrons. The number of benzene rings is 1. The number of aromatic carboxylic acids is 1. The Hall–Kier alpha value is -2.60. The monoisotopic (exact) mass is 594 g/mol. The average molecular weight is 595 g/mol. The minimum atomic E-state index is -2.67. The van der Waals surface area contributed by atoms with E-state index in [0.717, 1.165) is 30.6 Å². The number of carbonyl (C=O) groups excluding carboxylic acids is 1. The van der Waals surface area contributed by atoms with Gasteiger partial charge in [-0.3, -0.25) is 9.69 Å². The lowest BCUT2D eigenvalue weighted by Gasteiger charge is -2.36. The van der Waals surface area contributed by atoms with Crippen molar-refractivity contribution in [2.24, 2.45) is 11.8 Å². The number of likely N-dealkylation sites (tertiary alicyclic amines) is 1. The molecule has 1 aliphatic carbocycles. The quantitative estimate of drug-likeness (QED) is 0.309. The van der Waals surface area contributed by atoms with Crippen LogP contribution in [-0.2, 0) is 20.8 Å². The average Bonchev–Trinajstić information content (AvgIpc) is 3.35. The molecule has 41 heavy (non-hydrogen) atoms. The number of hydrogen-bond donors (Lipinski definition) is 1. The van der Waals surface area contributed by atoms with Crippen LogP contribution in [0.1, 0.15) is 60.7 Å². The molecule has 0 unspecified atom stereocenters. The van der Waals surface area contributed by atoms with E-state index >= 15 is 0 Å². The number of amides is 1. The Balaban J connectivity index is 1.57. The summed E-state index contributed by atoms with van der Waals surface area (Å²) >= 11 is 1.33. The van der Waals surface area contributed by atoms with E-state index in [1.54, 1.807) is 28.0 Å². The lowest BCUT2D eigenvalue weighted by molar-refractivity contribution is -0.124. The van der Waals surface area contributed by atoms with Crippen LogP contribution in [0.4, 0.5) is 14.5 Å². The molecule has 1 aromatic carbocycles. The Bertz CT molecular complexity index is 1180. The molecule has 1 amide bonds. The van der Waals surface area contributed by atoms with Gasteiger partial charge < -0.3 is 24.2 Å². The van der Waals surface area contributed by atoms with Crippen molar-refractivity contribution in [3.8, 4) is 10.8 Å². The lowest BCUT2D eigenvalue weighted by Crippen LogP contribution is -2.49. The second kappa shape index (κ2) is 14.0. The molecule has 0 atom stereocenters. The summed E-state index contributed by atoms with van der Waals surface area (Å²) in [6.45, 7) is 3.31. The van der Waals surface area contributed by atoms with Crippen molar-refractivity contribution in [2.45, 2.75) is 64.0 Å². The van der Waals surface area contributed by atoms with E-state index in [9.17, 15) is 23.5 Å². The van der Waals surface area contributed by atoms with Crippen molar-refractivity contribution in [1.29, 1.82) is 0 Å². The lowest BCUT2D eigenvalue weighted by atomic mass is 9.82. The fourth-order valence-corrected chi connectivity index (χ4v) is 6.67. The van der Waals surface area contributed by atoms with Gasteiger partial charge in [-0.1, -0.05) is 6.92 Å². The normalized spacial score (nSPS) is 21.1. The van der Waals surface area contributed by atoms with Crippen LogP contribution >= 0.6 is 11.3 Å². The third kappa shape index (κ3) is 8.24. The number of carboxylic acids is 1. The standard InChI is InChI=1S/C30H40F2N2O6S/c1-20-5-7-21(8-6-20)28(35)34(22(17-38-2)18-39-3)26-11-9-23(15-25(26)29(36)37)40-27-12-10-24(41-27)16-33-14-4-13-30(31,32)19-33/h9-12,15,20-22H,4-8,13-14,16-19H2,1-3H3,(H,36,37). The first kappa shape index (κ1) is 31.3. The molecule has 2 aromatic rings. The van der Waals surface area contributed by atoms with Gasteiger partial charge in [-0.05, 0) is 74.9 Å². The summed E-state index contributed by atoms with van der Waals surface area (Å²) in [5.41, 5.74) is 0.204. The summed E-state index contributed by atoms with van der Waals surface area (Å²) in [7, 11) is 3.07. The van der Waals surface area contributed by atoms with Crippen LogP contribution in [0.25, 0.3) is 0 Å². The van der Waals surface area contributed by atoms with E-state index in [-0.39, 0.29) is 49.3 Å². The third-order valence-electron chi connectivity index (χ3n) is 7.85. The molecule has 1 aromatic heterocycles. The van der Waals surface area contributed by atoms with Gasteiger partial charge >= 0.3 is 5.97 Å². The molecule has 1 N–H and O–H groups in total. The van der Waals surface area contributed by atoms with Crippen LogP contribution in [0.3, 0.4) is 0 Å². The Morgan fingerprint density at radius 1 is 1.12 bits per heavy atom. The number of carbonyl (C=O) groups is 2. The van der Waals surface area contributed by atoms with Crippen molar-refractivity contribution < 1.29 is 37.7 Å². The van der Waals surface area contributed by atoms with Crippen LogP contribution in [0.15, 0.2) is 30.3 Å². The van der Waals surface area contributed by atoms with Crippen molar-refractivity contribution in [3.05, 3.63) is 40.8 Å². The zero-order valence-electron chi connectivity index (χ0n) is 23.9. The molecule has 0 bridgehead atoms. The molecule has 1 aliphatic heterocycles. The van der Waals surface area contributed by atoms with Crippen molar-refractivity contribution in [3.63, 3.8) is 0 Å². The summed E-state index contributed by atoms with van der Waals surface area (Å²) < 4.78 is 44.4. The predicted molar refractivity (Wildman–Crippen MR) is 153 cm³/mol. The summed E-state index contributed by atoms with van der Waals surface area (Å²) in [5, 5.41) is 10.7. The minimum absolute atomic E-state index is 0.0652. The van der Waals surface area contributed by atoms with Crippen molar-refractivity contribution in [1.82, 2.24) is 4.90 Å². The molecular weight excluding hydrogens is 554 g/mol. The zero-order valence-corrected chi connectivity index (χ0v) is 24.8. The van der Waals surface area contributed by atoms with Gasteiger partial charge in [0.05, 0.1) is 37.1 Å². The fourth-order valence-electron chi connectivity index (χ4n) is 5.76. The number of alkyl halides is 2. The molecule has 2 fully saturated rings. The number of hydrogen-bond acceptors (Lipinski definition) is 7. The van der Waals surface area contributed by atoms with Crippen LogP contribution in [0, 0.1) is 11.8 Å². The first-order valence-electron chi connectivity index (χ1n) is 14.1. The number of piperidine rings is 1. The van der Waals surface area contributed by atoms with Crippen LogP contribution in [-0.4, -0.2) is 74.4 Å². The van der Waals surface area contributed by atoms with E-state index in [0.29, 0.717) is 36.2 Å². The third-order valence-corrected chi connectivity index (χ3v) is 8.80. The summed E-state index contributed by atoms with van der Waals surface area (Å²) in [5.74, 6) is -3.32. The first-order chi connectivity index (χ1) is 19.6. The number of carboxylic acid groups (broad SMARTS) is 1. The van der Waals surface area contributed by atoms with E-state index in [1.165, 1.54) is 31.6 Å². The number of halogens is 2. The summed E-state index contributed by atoms with van der Waals surface area (Å²) in [4.78, 5) is 30.5. The number of thiophene rings is 1. The highest BCUT2D eigenvalue weighted by molar-refractivity contribution is 7.13. The molecule has 0 spiro atoms. The van der Waals surface area contributed by atoms with Gasteiger partial charge in [-0.2, -0.15) is 0 Å². The van der Waals surface area contributed by atoms with Crippen LogP contribution in [0.5, 0.6) is 10.8 Å². The van der Waals surface area contributed by atoms with Gasteiger partial charge in [-0.15, -0.1) is 11.3 Å². The number of nitrogens with zero attached hydrogens (tertiary/aromatic N) is 2. The Morgan fingerprint density at radius 3 is 2.46 bits per heavy atom. The fraction of sp³-hybridized carbons (Fsp3) is 0.600. The highest BCUT2D eigenvalue weighted by Gasteiger charge is 2.36. The molecular formula is C30H40F2N2O6S. The van der Waals surface area contributed by atoms with E-state index < -0.39 is 17.9 Å². The molecule has 4 rings (SSSR count). The van der Waals surface area contributed by atoms with E-state index in [2.05, 4.69) is 6.92 Å². The number of rotatable bonds is 12. The molecule has 11 heteroatoms. The molecule has 226 valence electrons. The van der Waals surface area contributed by atoms with E-state index in [1.807, 2.05) is 6.07 Å². The minimum Gasteiger partial charge on any atom is -0.478 e. The second-order valence-electron chi connectivity index (χ2n) is 11.2. The van der Waals surface area contributed by atoms with Gasteiger partial charge in [0.2, 0.25) is 5.91 Å².